The number of hydrazine groups is 1. The van der Waals surface area contributed by atoms with Crippen LogP contribution in [0.25, 0.3) is 11.4 Å². The van der Waals surface area contributed by atoms with Crippen molar-refractivity contribution in [3.63, 3.8) is 0 Å². The van der Waals surface area contributed by atoms with Gasteiger partial charge in [0.25, 0.3) is 0 Å². The Morgan fingerprint density at radius 1 is 1.27 bits per heavy atom. The maximum absolute atomic E-state index is 12.6. The molecule has 2 aromatic heterocycles. The normalized spacial score (nSPS) is 11.5. The average Bonchev–Trinajstić information content (AvgIpc) is 2.77. The van der Waals surface area contributed by atoms with E-state index in [0.29, 0.717) is 22.9 Å². The van der Waals surface area contributed by atoms with E-state index in [1.807, 2.05) is 37.2 Å². The van der Waals surface area contributed by atoms with Gasteiger partial charge in [-0.2, -0.15) is 0 Å². The van der Waals surface area contributed by atoms with E-state index in [1.54, 1.807) is 12.4 Å². The van der Waals surface area contributed by atoms with Crippen LogP contribution in [-0.4, -0.2) is 58.2 Å². The Morgan fingerprint density at radius 3 is 2.70 bits per heavy atom. The van der Waals surface area contributed by atoms with Gasteiger partial charge in [0.15, 0.2) is 0 Å². The predicted molar refractivity (Wildman–Crippen MR) is 114 cm³/mol. The van der Waals surface area contributed by atoms with Crippen molar-refractivity contribution in [2.75, 3.05) is 31.0 Å². The molecule has 0 saturated heterocycles. The lowest BCUT2D eigenvalue weighted by Crippen LogP contribution is -2.40. The highest BCUT2D eigenvalue weighted by molar-refractivity contribution is 5.80. The number of hydroxylamine groups is 2. The average molecular weight is 415 g/mol. The lowest BCUT2D eigenvalue weighted by Gasteiger charge is -2.20. The Bertz CT molecular complexity index is 817. The molecule has 1 atom stereocenters. The number of carbonyl (C=O) groups excluding carboxylic acids is 2. The van der Waals surface area contributed by atoms with Crippen LogP contribution in [-0.2, 0) is 9.59 Å². The first-order valence-electron chi connectivity index (χ1n) is 9.88. The molecule has 2 amide bonds. The predicted octanol–water partition coefficient (Wildman–Crippen LogP) is 2.09. The second kappa shape index (κ2) is 11.7. The number of rotatable bonds is 12. The van der Waals surface area contributed by atoms with E-state index in [4.69, 9.17) is 0 Å². The highest BCUT2D eigenvalue weighted by Crippen LogP contribution is 2.26. The van der Waals surface area contributed by atoms with Gasteiger partial charge in [-0.15, -0.1) is 0 Å². The summed E-state index contributed by atoms with van der Waals surface area (Å²) in [7, 11) is 3.77. The van der Waals surface area contributed by atoms with Gasteiger partial charge in [0.1, 0.15) is 5.69 Å². The first kappa shape index (κ1) is 23.0. The molecule has 0 spiro atoms. The largest absolute Gasteiger partial charge is 0.375 e. The minimum atomic E-state index is -0.560. The number of pyridine rings is 1. The van der Waals surface area contributed by atoms with Crippen LogP contribution in [0, 0.1) is 5.92 Å². The maximum atomic E-state index is 12.6. The van der Waals surface area contributed by atoms with Crippen LogP contribution in [0.15, 0.2) is 30.6 Å². The zero-order valence-electron chi connectivity index (χ0n) is 17.6. The number of amides is 2. The lowest BCUT2D eigenvalue weighted by molar-refractivity contribution is -0.154. The third-order valence-electron chi connectivity index (χ3n) is 4.51. The second-order valence-electron chi connectivity index (χ2n) is 7.07. The Balaban J connectivity index is 2.12. The molecule has 2 heterocycles. The van der Waals surface area contributed by atoms with Crippen LogP contribution < -0.4 is 15.8 Å². The Kier molecular flexibility index (Phi) is 8.95. The van der Waals surface area contributed by atoms with Crippen molar-refractivity contribution in [2.45, 2.75) is 32.6 Å². The molecule has 0 unspecified atom stereocenters. The monoisotopic (exact) mass is 415 g/mol. The van der Waals surface area contributed by atoms with E-state index in [9.17, 15) is 14.8 Å². The van der Waals surface area contributed by atoms with Crippen molar-refractivity contribution in [1.82, 2.24) is 25.4 Å². The molecule has 10 nitrogen and oxygen atoms in total. The molecule has 0 radical (unpaired) electrons. The Labute approximate surface area is 176 Å². The molecule has 0 aliphatic heterocycles. The molecule has 2 aromatic rings. The molecule has 0 saturated carbocycles. The standard InChI is InChI=1S/C20H29N7O3/c1-4-5-6-9-15(13-27(30)14-28)19(29)24-25-20-22-12-17(26(2)3)18(23-20)16-10-7-8-11-21-16/h7-8,10-12,14-15,30H,4-6,9,13H2,1-3H3,(H,24,29)(H,22,23,25)/t15-/m1/s1. The summed E-state index contributed by atoms with van der Waals surface area (Å²) in [5.74, 6) is -0.708. The number of nitrogens with zero attached hydrogens (tertiary/aromatic N) is 5. The van der Waals surface area contributed by atoms with E-state index in [0.717, 1.165) is 24.9 Å². The second-order valence-corrected chi connectivity index (χ2v) is 7.07. The van der Waals surface area contributed by atoms with Crippen molar-refractivity contribution in [3.8, 4) is 11.4 Å². The van der Waals surface area contributed by atoms with E-state index < -0.39 is 5.92 Å². The zero-order chi connectivity index (χ0) is 21.9. The summed E-state index contributed by atoms with van der Waals surface area (Å²) in [4.78, 5) is 38.3. The van der Waals surface area contributed by atoms with E-state index in [1.165, 1.54) is 0 Å². The summed E-state index contributed by atoms with van der Waals surface area (Å²) < 4.78 is 0. The number of carbonyl (C=O) groups is 2. The number of aromatic nitrogens is 3. The zero-order valence-corrected chi connectivity index (χ0v) is 17.6. The third kappa shape index (κ3) is 6.66. The van der Waals surface area contributed by atoms with Crippen LogP contribution in [0.3, 0.4) is 0 Å². The van der Waals surface area contributed by atoms with Crippen LogP contribution in [0.4, 0.5) is 11.6 Å². The van der Waals surface area contributed by atoms with E-state index in [-0.39, 0.29) is 24.8 Å². The topological polar surface area (TPSA) is 124 Å². The first-order chi connectivity index (χ1) is 14.5. The molecule has 0 aliphatic rings. The van der Waals surface area contributed by atoms with Gasteiger partial charge in [0, 0.05) is 20.3 Å². The molecule has 0 aliphatic carbocycles. The molecule has 3 N–H and O–H groups in total. The number of nitrogens with one attached hydrogen (secondary N) is 2. The van der Waals surface area contributed by atoms with Gasteiger partial charge in [0.05, 0.1) is 30.0 Å². The van der Waals surface area contributed by atoms with E-state index >= 15 is 0 Å². The highest BCUT2D eigenvalue weighted by atomic mass is 16.5. The van der Waals surface area contributed by atoms with Gasteiger partial charge in [-0.1, -0.05) is 32.3 Å². The van der Waals surface area contributed by atoms with Crippen molar-refractivity contribution in [1.29, 1.82) is 0 Å². The molecule has 10 heteroatoms. The van der Waals surface area contributed by atoms with Gasteiger partial charge in [-0.05, 0) is 18.6 Å². The van der Waals surface area contributed by atoms with Crippen molar-refractivity contribution in [2.24, 2.45) is 5.92 Å². The highest BCUT2D eigenvalue weighted by Gasteiger charge is 2.21. The van der Waals surface area contributed by atoms with Gasteiger partial charge < -0.3 is 4.90 Å². The molecule has 30 heavy (non-hydrogen) atoms. The number of hydrogen-bond acceptors (Lipinski definition) is 8. The van der Waals surface area contributed by atoms with Crippen molar-refractivity contribution < 1.29 is 14.8 Å². The van der Waals surface area contributed by atoms with Gasteiger partial charge in [0.2, 0.25) is 18.3 Å². The smallest absolute Gasteiger partial charge is 0.243 e. The summed E-state index contributed by atoms with van der Waals surface area (Å²) in [5.41, 5.74) is 7.39. The van der Waals surface area contributed by atoms with Gasteiger partial charge in [-0.3, -0.25) is 30.6 Å². The SMILES string of the molecule is CCCCC[C@H](CN(O)C=O)C(=O)NNc1ncc(N(C)C)c(-c2ccccn2)n1. The molecule has 0 bridgehead atoms. The van der Waals surface area contributed by atoms with Crippen molar-refractivity contribution in [3.05, 3.63) is 30.6 Å². The Morgan fingerprint density at radius 2 is 2.07 bits per heavy atom. The van der Waals surface area contributed by atoms with E-state index in [2.05, 4.69) is 32.7 Å². The molecule has 2 rings (SSSR count). The van der Waals surface area contributed by atoms with Crippen LogP contribution in [0.2, 0.25) is 0 Å². The lowest BCUT2D eigenvalue weighted by atomic mass is 10.0. The summed E-state index contributed by atoms with van der Waals surface area (Å²) in [6.45, 7) is 1.98. The fourth-order valence-corrected chi connectivity index (χ4v) is 2.89. The molecule has 162 valence electrons. The first-order valence-corrected chi connectivity index (χ1v) is 9.88. The third-order valence-corrected chi connectivity index (χ3v) is 4.51. The van der Waals surface area contributed by atoms with Crippen LogP contribution >= 0.6 is 0 Å². The molecule has 0 fully saturated rings. The fourth-order valence-electron chi connectivity index (χ4n) is 2.89. The van der Waals surface area contributed by atoms with Crippen LogP contribution in [0.1, 0.15) is 32.6 Å². The summed E-state index contributed by atoms with van der Waals surface area (Å²) in [6, 6.07) is 5.53. The molecular weight excluding hydrogens is 386 g/mol. The Hall–Kier alpha value is -3.27. The van der Waals surface area contributed by atoms with Gasteiger partial charge in [-0.25, -0.2) is 15.0 Å². The summed E-state index contributed by atoms with van der Waals surface area (Å²) in [5, 5.41) is 9.98. The maximum Gasteiger partial charge on any atom is 0.243 e. The summed E-state index contributed by atoms with van der Waals surface area (Å²) >= 11 is 0. The molecule has 0 aromatic carbocycles. The quantitative estimate of drug-likeness (QED) is 0.208. The minimum absolute atomic E-state index is 0.0830. The number of anilines is 2. The number of unbranched alkanes of at least 4 members (excludes halogenated alkanes) is 2. The fraction of sp³-hybridized carbons (Fsp3) is 0.450. The minimum Gasteiger partial charge on any atom is -0.375 e. The number of hydrogen-bond donors (Lipinski definition) is 3. The van der Waals surface area contributed by atoms with Crippen molar-refractivity contribution >= 4 is 24.0 Å². The van der Waals surface area contributed by atoms with Crippen LogP contribution in [0.5, 0.6) is 0 Å². The molecular formula is C20H29N7O3. The summed E-state index contributed by atoms with van der Waals surface area (Å²) in [6.07, 6.45) is 6.95. The van der Waals surface area contributed by atoms with Gasteiger partial charge >= 0.3 is 0 Å².